The van der Waals surface area contributed by atoms with Crippen LogP contribution in [0.3, 0.4) is 0 Å². The third kappa shape index (κ3) is 4.72. The van der Waals surface area contributed by atoms with E-state index in [9.17, 15) is 9.59 Å². The predicted octanol–water partition coefficient (Wildman–Crippen LogP) is -0.836. The molecule has 3 aliphatic heterocycles. The Bertz CT molecular complexity index is 711. The lowest BCUT2D eigenvalue weighted by Gasteiger charge is -2.57. The lowest BCUT2D eigenvalue weighted by Crippen LogP contribution is -2.67. The maximum atomic E-state index is 12.8. The van der Waals surface area contributed by atoms with Crippen molar-refractivity contribution in [3.63, 3.8) is 0 Å². The number of nitrogens with zero attached hydrogens (tertiary/aromatic N) is 7. The minimum Gasteiger partial charge on any atom is -0.483 e. The molecule has 11 heteroatoms. The van der Waals surface area contributed by atoms with Gasteiger partial charge in [0.1, 0.15) is 12.9 Å². The Morgan fingerprint density at radius 3 is 2.72 bits per heavy atom. The minimum atomic E-state index is -0.250. The van der Waals surface area contributed by atoms with Crippen LogP contribution in [0.25, 0.3) is 0 Å². The van der Waals surface area contributed by atoms with Crippen molar-refractivity contribution < 1.29 is 19.5 Å². The summed E-state index contributed by atoms with van der Waals surface area (Å²) >= 11 is 0. The van der Waals surface area contributed by atoms with Crippen molar-refractivity contribution in [1.82, 2.24) is 34.9 Å². The zero-order valence-corrected chi connectivity index (χ0v) is 16.9. The first-order chi connectivity index (χ1) is 13.9. The Hall–Kier alpha value is -2.56. The molecular formula is C18H29N7O4. The topological polar surface area (TPSA) is 125 Å². The highest BCUT2D eigenvalue weighted by atomic mass is 16.3. The molecule has 3 saturated heterocycles. The number of piperidine rings is 3. The van der Waals surface area contributed by atoms with Gasteiger partial charge >= 0.3 is 0 Å². The molecule has 4 heterocycles. The number of carboxylic acid groups (broad SMARTS) is 1. The van der Waals surface area contributed by atoms with Gasteiger partial charge in [0, 0.05) is 38.1 Å². The summed E-state index contributed by atoms with van der Waals surface area (Å²) in [6, 6.07) is 0.476. The highest BCUT2D eigenvalue weighted by Crippen LogP contribution is 2.41. The van der Waals surface area contributed by atoms with Gasteiger partial charge in [0.05, 0.1) is 0 Å². The van der Waals surface area contributed by atoms with Crippen LogP contribution in [0.1, 0.15) is 25.7 Å². The molecule has 0 radical (unpaired) electrons. The first-order valence-corrected chi connectivity index (χ1v) is 9.96. The summed E-state index contributed by atoms with van der Waals surface area (Å²) in [5, 5.41) is 17.9. The average Bonchev–Trinajstić information content (AvgIpc) is 3.18. The van der Waals surface area contributed by atoms with E-state index in [4.69, 9.17) is 9.90 Å². The van der Waals surface area contributed by atoms with Crippen molar-refractivity contribution in [3.05, 3.63) is 6.33 Å². The molecule has 0 saturated carbocycles. The van der Waals surface area contributed by atoms with E-state index in [0.717, 1.165) is 32.4 Å². The smallest absolute Gasteiger partial charge is 0.290 e. The fourth-order valence-electron chi connectivity index (χ4n) is 5.08. The molecule has 0 spiro atoms. The van der Waals surface area contributed by atoms with Crippen molar-refractivity contribution in [3.8, 4) is 0 Å². The average molecular weight is 407 g/mol. The summed E-state index contributed by atoms with van der Waals surface area (Å²) in [4.78, 5) is 40.1. The Morgan fingerprint density at radius 1 is 1.34 bits per heavy atom. The summed E-state index contributed by atoms with van der Waals surface area (Å²) in [6.45, 7) is 2.24. The molecule has 11 nitrogen and oxygen atoms in total. The maximum Gasteiger partial charge on any atom is 0.290 e. The van der Waals surface area contributed by atoms with Crippen molar-refractivity contribution in [2.24, 2.45) is 11.8 Å². The van der Waals surface area contributed by atoms with E-state index in [-0.39, 0.29) is 31.0 Å². The van der Waals surface area contributed by atoms with Crippen LogP contribution in [-0.4, -0.2) is 104 Å². The third-order valence-corrected chi connectivity index (χ3v) is 6.09. The van der Waals surface area contributed by atoms with Crippen LogP contribution in [0.4, 0.5) is 0 Å². The Labute approximate surface area is 169 Å². The van der Waals surface area contributed by atoms with E-state index in [0.29, 0.717) is 30.7 Å². The summed E-state index contributed by atoms with van der Waals surface area (Å²) in [5.74, 6) is 1.09. The van der Waals surface area contributed by atoms with Crippen molar-refractivity contribution in [2.75, 3.05) is 33.7 Å². The normalized spacial score (nSPS) is 28.4. The Morgan fingerprint density at radius 2 is 2.07 bits per heavy atom. The SMILES string of the molecule is CN(C)C[C@H]1[C@H]2C[C@H](CN(C(=O)Cn3cnnn3)C2)[C@@H]2CCCC(=O)N21.O=CO. The standard InChI is InChI=1S/C17H27N7O2.CH2O2/c1-21(2)9-15-13-6-12(14-4-3-5-16(25)24(14)15)7-22(8-13)17(26)10-23-11-18-19-20-23;2-1-3/h11-15H,3-10H2,1-2H3;1H,(H,2,3)/t12-,13+,14+,15+;/m1./s1. The fourth-order valence-corrected chi connectivity index (χ4v) is 5.08. The molecule has 0 aliphatic carbocycles. The first-order valence-electron chi connectivity index (χ1n) is 9.96. The number of tetrazole rings is 1. The van der Waals surface area contributed by atoms with E-state index in [1.165, 1.54) is 11.0 Å². The summed E-state index contributed by atoms with van der Waals surface area (Å²) in [6.07, 6.45) is 5.28. The molecule has 160 valence electrons. The molecule has 2 amide bonds. The second-order valence-corrected chi connectivity index (χ2v) is 8.26. The second-order valence-electron chi connectivity index (χ2n) is 8.26. The molecule has 1 aromatic rings. The molecule has 1 N–H and O–H groups in total. The van der Waals surface area contributed by atoms with Gasteiger partial charge in [-0.1, -0.05) is 0 Å². The fraction of sp³-hybridized carbons (Fsp3) is 0.778. The number of carbonyl (C=O) groups is 3. The van der Waals surface area contributed by atoms with Gasteiger partial charge in [-0.3, -0.25) is 14.4 Å². The molecule has 4 rings (SSSR count). The van der Waals surface area contributed by atoms with Crippen LogP contribution < -0.4 is 0 Å². The van der Waals surface area contributed by atoms with Gasteiger partial charge in [0.2, 0.25) is 11.8 Å². The molecule has 0 unspecified atom stereocenters. The molecule has 3 fully saturated rings. The van der Waals surface area contributed by atoms with Gasteiger partial charge in [0.25, 0.3) is 6.47 Å². The number of rotatable bonds is 4. The minimum absolute atomic E-state index is 0.0613. The Kier molecular flexibility index (Phi) is 6.78. The van der Waals surface area contributed by atoms with Gasteiger partial charge in [0.15, 0.2) is 0 Å². The zero-order chi connectivity index (χ0) is 21.0. The number of hydrogen-bond donors (Lipinski definition) is 1. The summed E-state index contributed by atoms with van der Waals surface area (Å²) < 4.78 is 1.47. The van der Waals surface area contributed by atoms with E-state index in [1.54, 1.807) is 0 Å². The van der Waals surface area contributed by atoms with Crippen LogP contribution in [0.2, 0.25) is 0 Å². The van der Waals surface area contributed by atoms with Crippen molar-refractivity contribution in [1.29, 1.82) is 0 Å². The van der Waals surface area contributed by atoms with Crippen molar-refractivity contribution >= 4 is 18.3 Å². The molecule has 29 heavy (non-hydrogen) atoms. The van der Waals surface area contributed by atoms with E-state index in [2.05, 4.69) is 39.4 Å². The van der Waals surface area contributed by atoms with E-state index < -0.39 is 0 Å². The summed E-state index contributed by atoms with van der Waals surface area (Å²) in [5.41, 5.74) is 0. The van der Waals surface area contributed by atoms with Gasteiger partial charge in [-0.15, -0.1) is 5.10 Å². The Balaban J connectivity index is 0.000000755. The van der Waals surface area contributed by atoms with Gasteiger partial charge in [-0.05, 0) is 55.6 Å². The largest absolute Gasteiger partial charge is 0.483 e. The quantitative estimate of drug-likeness (QED) is 0.641. The maximum absolute atomic E-state index is 12.8. The number of carbonyl (C=O) groups excluding carboxylic acids is 2. The highest BCUT2D eigenvalue weighted by Gasteiger charge is 2.49. The molecule has 2 bridgehead atoms. The van der Waals surface area contributed by atoms with Crippen LogP contribution in [0.15, 0.2) is 6.33 Å². The lowest BCUT2D eigenvalue weighted by atomic mass is 9.72. The van der Waals surface area contributed by atoms with Gasteiger partial charge in [-0.2, -0.15) is 0 Å². The number of hydrogen-bond acceptors (Lipinski definition) is 7. The molecule has 3 aliphatic rings. The van der Waals surface area contributed by atoms with E-state index in [1.807, 2.05) is 4.90 Å². The second kappa shape index (κ2) is 9.29. The number of amides is 2. The van der Waals surface area contributed by atoms with Crippen LogP contribution in [0, 0.1) is 11.8 Å². The van der Waals surface area contributed by atoms with E-state index >= 15 is 0 Å². The molecule has 1 aromatic heterocycles. The predicted molar refractivity (Wildman–Crippen MR) is 102 cm³/mol. The van der Waals surface area contributed by atoms with Crippen LogP contribution in [-0.2, 0) is 20.9 Å². The number of likely N-dealkylation sites (N-methyl/N-ethyl adjacent to an activating group) is 1. The monoisotopic (exact) mass is 407 g/mol. The third-order valence-electron chi connectivity index (χ3n) is 6.09. The number of likely N-dealkylation sites (tertiary alicyclic amines) is 1. The molecular weight excluding hydrogens is 378 g/mol. The lowest BCUT2D eigenvalue weighted by molar-refractivity contribution is -0.157. The number of aromatic nitrogens is 4. The number of fused-ring (bicyclic) bond motifs is 4. The zero-order valence-electron chi connectivity index (χ0n) is 16.9. The van der Waals surface area contributed by atoms with Crippen LogP contribution >= 0.6 is 0 Å². The molecule has 0 aromatic carbocycles. The highest BCUT2D eigenvalue weighted by molar-refractivity contribution is 5.78. The van der Waals surface area contributed by atoms with Crippen molar-refractivity contribution in [2.45, 2.75) is 44.3 Å². The van der Waals surface area contributed by atoms with Crippen LogP contribution in [0.5, 0.6) is 0 Å². The summed E-state index contributed by atoms with van der Waals surface area (Å²) in [7, 11) is 4.11. The molecule has 4 atom stereocenters. The first kappa shape index (κ1) is 21.2. The van der Waals surface area contributed by atoms with Gasteiger partial charge in [-0.25, -0.2) is 4.68 Å². The van der Waals surface area contributed by atoms with Gasteiger partial charge < -0.3 is 19.8 Å².